The first kappa shape index (κ1) is 22.6. The van der Waals surface area contributed by atoms with Crippen LogP contribution in [0.4, 0.5) is 5.13 Å². The van der Waals surface area contributed by atoms with E-state index in [1.165, 1.54) is 6.42 Å². The third-order valence-corrected chi connectivity index (χ3v) is 5.90. The van der Waals surface area contributed by atoms with Crippen molar-refractivity contribution in [3.05, 3.63) is 11.1 Å². The maximum Gasteiger partial charge on any atom is 0.193 e. The molecule has 0 bridgehead atoms. The highest BCUT2D eigenvalue weighted by Gasteiger charge is 2.24. The largest absolute Gasteiger partial charge is 0.376 e. The van der Waals surface area contributed by atoms with Crippen molar-refractivity contribution in [2.24, 2.45) is 4.99 Å². The van der Waals surface area contributed by atoms with Gasteiger partial charge in [0.25, 0.3) is 0 Å². The van der Waals surface area contributed by atoms with Crippen LogP contribution in [0.1, 0.15) is 31.4 Å². The highest BCUT2D eigenvalue weighted by atomic mass is 127. The molecule has 2 aliphatic heterocycles. The topological polar surface area (TPSA) is 62.2 Å². The summed E-state index contributed by atoms with van der Waals surface area (Å²) in [5.74, 6) is 0.946. The number of anilines is 1. The lowest BCUT2D eigenvalue weighted by atomic mass is 10.1. The van der Waals surface area contributed by atoms with Crippen molar-refractivity contribution in [1.82, 2.24) is 15.2 Å². The number of guanidine groups is 1. The molecular weight excluding hydrogens is 477 g/mol. The maximum absolute atomic E-state index is 6.06. The maximum atomic E-state index is 6.06. The van der Waals surface area contributed by atoms with E-state index in [9.17, 15) is 0 Å². The van der Waals surface area contributed by atoms with Crippen molar-refractivity contribution >= 4 is 46.4 Å². The van der Waals surface area contributed by atoms with Gasteiger partial charge in [-0.25, -0.2) is 4.98 Å². The Balaban J connectivity index is 0.00000261. The van der Waals surface area contributed by atoms with Crippen LogP contribution in [0.25, 0.3) is 0 Å². The summed E-state index contributed by atoms with van der Waals surface area (Å²) in [5, 5.41) is 6.57. The Hall–Kier alpha value is -0.650. The average Bonchev–Trinajstić information content (AvgIpc) is 3.33. The van der Waals surface area contributed by atoms with Crippen molar-refractivity contribution in [1.29, 1.82) is 0 Å². The van der Waals surface area contributed by atoms with E-state index >= 15 is 0 Å². The lowest BCUT2D eigenvalue weighted by molar-refractivity contribution is -0.0367. The first-order valence-electron chi connectivity index (χ1n) is 9.46. The van der Waals surface area contributed by atoms with Crippen LogP contribution in [0, 0.1) is 0 Å². The van der Waals surface area contributed by atoms with Crippen LogP contribution in [-0.4, -0.2) is 75.5 Å². The van der Waals surface area contributed by atoms with Gasteiger partial charge < -0.3 is 24.6 Å². The lowest BCUT2D eigenvalue weighted by Crippen LogP contribution is -2.47. The van der Waals surface area contributed by atoms with E-state index < -0.39 is 0 Å². The van der Waals surface area contributed by atoms with E-state index in [0.717, 1.165) is 62.4 Å². The SMILES string of the molecule is CN=C(NCc1csc(N(C)C)n1)N1CCC(OCC2CCCO2)CC1.I. The minimum absolute atomic E-state index is 0. The summed E-state index contributed by atoms with van der Waals surface area (Å²) >= 11 is 1.66. The van der Waals surface area contributed by atoms with Crippen molar-refractivity contribution in [3.63, 3.8) is 0 Å². The number of thiazole rings is 1. The zero-order valence-electron chi connectivity index (χ0n) is 16.5. The van der Waals surface area contributed by atoms with Crippen LogP contribution in [0.5, 0.6) is 0 Å². The normalized spacial score (nSPS) is 21.2. The van der Waals surface area contributed by atoms with Crippen LogP contribution >= 0.6 is 35.3 Å². The lowest BCUT2D eigenvalue weighted by Gasteiger charge is -2.34. The van der Waals surface area contributed by atoms with Crippen LogP contribution in [0.3, 0.4) is 0 Å². The van der Waals surface area contributed by atoms with Crippen molar-refractivity contribution in [2.75, 3.05) is 52.3 Å². The standard InChI is InChI=1S/C18H31N5O2S.HI/c1-19-17(20-11-14-13-26-18(21-14)22(2)3)23-8-6-15(7-9-23)25-12-16-5-4-10-24-16;/h13,15-16H,4-12H2,1-3H3,(H,19,20);1H. The van der Waals surface area contributed by atoms with Crippen LogP contribution in [0.15, 0.2) is 10.4 Å². The van der Waals surface area contributed by atoms with Gasteiger partial charge >= 0.3 is 0 Å². The predicted molar refractivity (Wildman–Crippen MR) is 122 cm³/mol. The Bertz CT molecular complexity index is 584. The molecular formula is C18H32IN5O2S. The molecule has 9 heteroatoms. The third kappa shape index (κ3) is 6.72. The van der Waals surface area contributed by atoms with E-state index in [2.05, 4.69) is 25.6 Å². The van der Waals surface area contributed by atoms with Crippen LogP contribution < -0.4 is 10.2 Å². The number of nitrogens with zero attached hydrogens (tertiary/aromatic N) is 4. The monoisotopic (exact) mass is 509 g/mol. The summed E-state index contributed by atoms with van der Waals surface area (Å²) in [6.45, 7) is 4.28. The number of hydrogen-bond donors (Lipinski definition) is 1. The first-order chi connectivity index (χ1) is 12.7. The molecule has 1 aromatic heterocycles. The first-order valence-corrected chi connectivity index (χ1v) is 10.3. The molecule has 3 rings (SSSR count). The number of likely N-dealkylation sites (tertiary alicyclic amines) is 1. The van der Waals surface area contributed by atoms with E-state index in [1.807, 2.05) is 26.0 Å². The van der Waals surface area contributed by atoms with E-state index in [1.54, 1.807) is 11.3 Å². The smallest absolute Gasteiger partial charge is 0.193 e. The molecule has 0 amide bonds. The van der Waals surface area contributed by atoms with Gasteiger partial charge in [0.2, 0.25) is 0 Å². The van der Waals surface area contributed by atoms with Gasteiger partial charge in [0.05, 0.1) is 31.1 Å². The highest BCUT2D eigenvalue weighted by molar-refractivity contribution is 14.0. The van der Waals surface area contributed by atoms with E-state index in [0.29, 0.717) is 18.8 Å². The van der Waals surface area contributed by atoms with E-state index in [4.69, 9.17) is 9.47 Å². The zero-order chi connectivity index (χ0) is 18.4. The minimum atomic E-state index is 0. The van der Waals surface area contributed by atoms with Crippen molar-refractivity contribution in [2.45, 2.75) is 44.4 Å². The van der Waals surface area contributed by atoms with Gasteiger partial charge in [-0.1, -0.05) is 0 Å². The molecule has 1 atom stereocenters. The Labute approximate surface area is 183 Å². The van der Waals surface area contributed by atoms with Crippen molar-refractivity contribution in [3.8, 4) is 0 Å². The molecule has 154 valence electrons. The van der Waals surface area contributed by atoms with Crippen molar-refractivity contribution < 1.29 is 9.47 Å². The number of aliphatic imine (C=N–C) groups is 1. The minimum Gasteiger partial charge on any atom is -0.376 e. The Morgan fingerprint density at radius 2 is 2.19 bits per heavy atom. The van der Waals surface area contributed by atoms with Crippen LogP contribution in [-0.2, 0) is 16.0 Å². The molecule has 0 aliphatic carbocycles. The number of piperidine rings is 1. The average molecular weight is 509 g/mol. The highest BCUT2D eigenvalue weighted by Crippen LogP contribution is 2.19. The molecule has 0 aromatic carbocycles. The number of aromatic nitrogens is 1. The number of halogens is 1. The van der Waals surface area contributed by atoms with Gasteiger partial charge in [0.1, 0.15) is 0 Å². The molecule has 27 heavy (non-hydrogen) atoms. The molecule has 0 radical (unpaired) electrons. The Kier molecular flexibility index (Phi) is 9.54. The van der Waals surface area contributed by atoms with Gasteiger partial charge in [-0.15, -0.1) is 35.3 Å². The number of ether oxygens (including phenoxy) is 2. The zero-order valence-corrected chi connectivity index (χ0v) is 19.7. The molecule has 7 nitrogen and oxygen atoms in total. The summed E-state index contributed by atoms with van der Waals surface area (Å²) in [5.41, 5.74) is 1.05. The third-order valence-electron chi connectivity index (χ3n) is 4.84. The summed E-state index contributed by atoms with van der Waals surface area (Å²) < 4.78 is 11.7. The second-order valence-electron chi connectivity index (χ2n) is 7.07. The fourth-order valence-electron chi connectivity index (χ4n) is 3.34. The molecule has 2 saturated heterocycles. The summed E-state index contributed by atoms with van der Waals surface area (Å²) in [6, 6.07) is 0. The number of nitrogens with one attached hydrogen (secondary N) is 1. The predicted octanol–water partition coefficient (Wildman–Crippen LogP) is 2.56. The van der Waals surface area contributed by atoms with Gasteiger partial charge in [0.15, 0.2) is 11.1 Å². The van der Waals surface area contributed by atoms with Crippen LogP contribution in [0.2, 0.25) is 0 Å². The Morgan fingerprint density at radius 3 is 2.78 bits per heavy atom. The molecule has 2 aliphatic rings. The molecule has 1 N–H and O–H groups in total. The number of rotatable bonds is 6. The second kappa shape index (κ2) is 11.4. The molecule has 3 heterocycles. The molecule has 0 spiro atoms. The fraction of sp³-hybridized carbons (Fsp3) is 0.778. The molecule has 2 fully saturated rings. The summed E-state index contributed by atoms with van der Waals surface area (Å²) in [7, 11) is 5.87. The fourth-order valence-corrected chi connectivity index (χ4v) is 4.10. The van der Waals surface area contributed by atoms with Gasteiger partial charge in [-0.2, -0.15) is 0 Å². The summed E-state index contributed by atoms with van der Waals surface area (Å²) in [6.07, 6.45) is 5.04. The van der Waals surface area contributed by atoms with E-state index in [-0.39, 0.29) is 24.0 Å². The second-order valence-corrected chi connectivity index (χ2v) is 7.91. The molecule has 1 aromatic rings. The molecule has 0 saturated carbocycles. The number of hydrogen-bond acceptors (Lipinski definition) is 6. The Morgan fingerprint density at radius 1 is 1.41 bits per heavy atom. The van der Waals surface area contributed by atoms with Gasteiger partial charge in [-0.05, 0) is 25.7 Å². The molecule has 1 unspecified atom stereocenters. The van der Waals surface area contributed by atoms with Gasteiger partial charge in [0, 0.05) is 46.2 Å². The quantitative estimate of drug-likeness (QED) is 0.362. The summed E-state index contributed by atoms with van der Waals surface area (Å²) in [4.78, 5) is 13.4. The van der Waals surface area contributed by atoms with Gasteiger partial charge in [-0.3, -0.25) is 4.99 Å².